The number of aliphatic hydroxyl groups is 1. The first kappa shape index (κ1) is 16.8. The molecule has 0 saturated carbocycles. The van der Waals surface area contributed by atoms with Crippen LogP contribution in [0.2, 0.25) is 6.32 Å². The quantitative estimate of drug-likeness (QED) is 0.822. The van der Waals surface area contributed by atoms with Gasteiger partial charge in [-0.2, -0.15) is 0 Å². The molecule has 1 N–H and O–H groups in total. The van der Waals surface area contributed by atoms with E-state index in [0.29, 0.717) is 6.32 Å². The minimum absolute atomic E-state index is 0.214. The van der Waals surface area contributed by atoms with Gasteiger partial charge in [0.1, 0.15) is 12.4 Å². The van der Waals surface area contributed by atoms with E-state index in [1.54, 1.807) is 0 Å². The first-order valence-corrected chi connectivity index (χ1v) is 7.91. The SMILES string of the molecule is CC1(C)OB(CC(O)COc2ccc(Br)cc2)OC1(C)C. The van der Waals surface area contributed by atoms with Crippen LogP contribution in [-0.4, -0.2) is 36.1 Å². The molecule has 0 radical (unpaired) electrons. The molecule has 0 bridgehead atoms. The lowest BCUT2D eigenvalue weighted by atomic mass is 9.82. The molecule has 0 amide bonds. The number of aliphatic hydroxyl groups excluding tert-OH is 1. The molecule has 1 heterocycles. The molecule has 0 aliphatic carbocycles. The monoisotopic (exact) mass is 356 g/mol. The number of hydrogen-bond donors (Lipinski definition) is 1. The van der Waals surface area contributed by atoms with E-state index in [1.807, 2.05) is 52.0 Å². The van der Waals surface area contributed by atoms with Gasteiger partial charge in [-0.15, -0.1) is 0 Å². The van der Waals surface area contributed by atoms with Crippen molar-refractivity contribution in [1.29, 1.82) is 0 Å². The summed E-state index contributed by atoms with van der Waals surface area (Å²) in [5.74, 6) is 0.728. The molecule has 1 fully saturated rings. The molecule has 1 saturated heterocycles. The molecule has 1 aliphatic heterocycles. The fourth-order valence-electron chi connectivity index (χ4n) is 2.07. The van der Waals surface area contributed by atoms with E-state index < -0.39 is 13.2 Å². The summed E-state index contributed by atoms with van der Waals surface area (Å²) in [5, 5.41) is 10.1. The fraction of sp³-hybridized carbons (Fsp3) is 0.600. The van der Waals surface area contributed by atoms with Crippen LogP contribution >= 0.6 is 15.9 Å². The van der Waals surface area contributed by atoms with Gasteiger partial charge in [0, 0.05) is 10.8 Å². The van der Waals surface area contributed by atoms with Crippen molar-refractivity contribution in [2.45, 2.75) is 51.3 Å². The second-order valence-corrected chi connectivity index (χ2v) is 7.26. The van der Waals surface area contributed by atoms with Gasteiger partial charge in [0.15, 0.2) is 0 Å². The van der Waals surface area contributed by atoms with Gasteiger partial charge < -0.3 is 19.2 Å². The molecule has 2 rings (SSSR count). The van der Waals surface area contributed by atoms with E-state index in [-0.39, 0.29) is 17.8 Å². The van der Waals surface area contributed by atoms with Gasteiger partial charge in [0.2, 0.25) is 0 Å². The lowest BCUT2D eigenvalue weighted by molar-refractivity contribution is 0.00578. The normalized spacial score (nSPS) is 21.3. The van der Waals surface area contributed by atoms with Crippen molar-refractivity contribution in [3.8, 4) is 5.75 Å². The summed E-state index contributed by atoms with van der Waals surface area (Å²) in [6.45, 7) is 8.20. The average Bonchev–Trinajstić information content (AvgIpc) is 2.56. The maximum Gasteiger partial charge on any atom is 0.460 e. The van der Waals surface area contributed by atoms with Gasteiger partial charge in [0.25, 0.3) is 0 Å². The van der Waals surface area contributed by atoms with Crippen molar-refractivity contribution >= 4 is 23.0 Å². The van der Waals surface area contributed by atoms with Gasteiger partial charge in [-0.1, -0.05) is 15.9 Å². The number of rotatable bonds is 5. The maximum atomic E-state index is 10.1. The Morgan fingerprint density at radius 3 is 2.19 bits per heavy atom. The molecule has 1 aromatic carbocycles. The van der Waals surface area contributed by atoms with Crippen LogP contribution in [0.5, 0.6) is 5.75 Å². The molecule has 1 unspecified atom stereocenters. The molecule has 1 aliphatic rings. The van der Waals surface area contributed by atoms with Gasteiger partial charge >= 0.3 is 7.12 Å². The summed E-state index contributed by atoms with van der Waals surface area (Å²) in [7, 11) is -0.404. The van der Waals surface area contributed by atoms with Crippen molar-refractivity contribution in [3.05, 3.63) is 28.7 Å². The first-order chi connectivity index (χ1) is 9.69. The van der Waals surface area contributed by atoms with E-state index in [1.165, 1.54) is 0 Å². The highest BCUT2D eigenvalue weighted by Gasteiger charge is 2.51. The van der Waals surface area contributed by atoms with E-state index in [4.69, 9.17) is 14.0 Å². The third-order valence-corrected chi connectivity index (χ3v) is 4.55. The van der Waals surface area contributed by atoms with Crippen molar-refractivity contribution in [2.24, 2.45) is 0 Å². The zero-order chi connectivity index (χ0) is 15.7. The molecule has 21 heavy (non-hydrogen) atoms. The Hall–Kier alpha value is -0.555. The third-order valence-electron chi connectivity index (χ3n) is 4.02. The van der Waals surface area contributed by atoms with Crippen LogP contribution in [0.1, 0.15) is 27.7 Å². The van der Waals surface area contributed by atoms with Crippen LogP contribution in [0, 0.1) is 0 Å². The van der Waals surface area contributed by atoms with E-state index in [2.05, 4.69) is 15.9 Å². The van der Waals surface area contributed by atoms with Crippen LogP contribution in [0.15, 0.2) is 28.7 Å². The molecule has 116 valence electrons. The molecule has 0 spiro atoms. The number of halogens is 1. The van der Waals surface area contributed by atoms with E-state index in [9.17, 15) is 5.11 Å². The summed E-state index contributed by atoms with van der Waals surface area (Å²) in [6.07, 6.45) is -0.244. The van der Waals surface area contributed by atoms with Crippen molar-refractivity contribution < 1.29 is 19.2 Å². The highest BCUT2D eigenvalue weighted by Crippen LogP contribution is 2.37. The average molecular weight is 357 g/mol. The zero-order valence-electron chi connectivity index (χ0n) is 12.9. The first-order valence-electron chi connectivity index (χ1n) is 7.12. The molecule has 4 nitrogen and oxygen atoms in total. The Morgan fingerprint density at radius 2 is 1.67 bits per heavy atom. The molecule has 6 heteroatoms. The molecule has 1 atom stereocenters. The summed E-state index contributed by atoms with van der Waals surface area (Å²) in [6, 6.07) is 7.50. The van der Waals surface area contributed by atoms with Crippen molar-refractivity contribution in [2.75, 3.05) is 6.61 Å². The van der Waals surface area contributed by atoms with E-state index >= 15 is 0 Å². The summed E-state index contributed by atoms with van der Waals surface area (Å²) >= 11 is 3.37. The Morgan fingerprint density at radius 1 is 1.14 bits per heavy atom. The molecule has 0 aromatic heterocycles. The van der Waals surface area contributed by atoms with Crippen LogP contribution in [-0.2, 0) is 9.31 Å². The minimum Gasteiger partial charge on any atom is -0.491 e. The summed E-state index contributed by atoms with van der Waals surface area (Å²) < 4.78 is 18.3. The molecular weight excluding hydrogens is 335 g/mol. The highest BCUT2D eigenvalue weighted by molar-refractivity contribution is 9.10. The second kappa shape index (κ2) is 6.28. The van der Waals surface area contributed by atoms with Gasteiger partial charge in [0.05, 0.1) is 17.3 Å². The maximum absolute atomic E-state index is 10.1. The summed E-state index contributed by atoms with van der Waals surface area (Å²) in [4.78, 5) is 0. The number of hydrogen-bond acceptors (Lipinski definition) is 4. The van der Waals surface area contributed by atoms with Gasteiger partial charge in [-0.05, 0) is 52.0 Å². The third kappa shape index (κ3) is 4.22. The van der Waals surface area contributed by atoms with Gasteiger partial charge in [-0.25, -0.2) is 0 Å². The largest absolute Gasteiger partial charge is 0.491 e. The van der Waals surface area contributed by atoms with Crippen molar-refractivity contribution in [3.63, 3.8) is 0 Å². The minimum atomic E-state index is -0.636. The lowest BCUT2D eigenvalue weighted by Gasteiger charge is -2.32. The topological polar surface area (TPSA) is 47.9 Å². The Balaban J connectivity index is 1.80. The number of ether oxygens (including phenoxy) is 1. The predicted octanol–water partition coefficient (Wildman–Crippen LogP) is 3.28. The second-order valence-electron chi connectivity index (χ2n) is 6.34. The van der Waals surface area contributed by atoms with E-state index in [0.717, 1.165) is 10.2 Å². The summed E-state index contributed by atoms with van der Waals surface area (Å²) in [5.41, 5.74) is -0.742. The molecular formula is C15H22BBrO4. The van der Waals surface area contributed by atoms with Crippen LogP contribution in [0.3, 0.4) is 0 Å². The Labute approximate surface area is 135 Å². The Bertz CT molecular complexity index is 459. The smallest absolute Gasteiger partial charge is 0.460 e. The highest BCUT2D eigenvalue weighted by atomic mass is 79.9. The van der Waals surface area contributed by atoms with Gasteiger partial charge in [-0.3, -0.25) is 0 Å². The fourth-order valence-corrected chi connectivity index (χ4v) is 2.34. The van der Waals surface area contributed by atoms with Crippen LogP contribution in [0.4, 0.5) is 0 Å². The lowest BCUT2D eigenvalue weighted by Crippen LogP contribution is -2.41. The standard InChI is InChI=1S/C15H22BBrO4/c1-14(2)15(3,4)21-16(20-14)9-12(18)10-19-13-7-5-11(17)6-8-13/h5-8,12,18H,9-10H2,1-4H3. The zero-order valence-corrected chi connectivity index (χ0v) is 14.5. The number of benzene rings is 1. The van der Waals surface area contributed by atoms with Crippen molar-refractivity contribution in [1.82, 2.24) is 0 Å². The van der Waals surface area contributed by atoms with Crippen LogP contribution in [0.25, 0.3) is 0 Å². The molecule has 1 aromatic rings. The predicted molar refractivity (Wildman–Crippen MR) is 86.5 cm³/mol. The van der Waals surface area contributed by atoms with Crippen LogP contribution < -0.4 is 4.74 Å². The Kier molecular flexibility index (Phi) is 5.03.